The maximum Gasteiger partial charge on any atom is 0.236 e. The van der Waals surface area contributed by atoms with Gasteiger partial charge in [-0.05, 0) is 23.2 Å². The third-order valence-electron chi connectivity index (χ3n) is 5.01. The van der Waals surface area contributed by atoms with E-state index in [1.807, 2.05) is 0 Å². The van der Waals surface area contributed by atoms with E-state index in [1.165, 1.54) is 0 Å². The van der Waals surface area contributed by atoms with Crippen molar-refractivity contribution in [3.05, 3.63) is 0 Å². The number of rotatable bonds is 6. The van der Waals surface area contributed by atoms with Gasteiger partial charge < -0.3 is 11.1 Å². The second-order valence-corrected chi connectivity index (χ2v) is 6.49. The molecule has 3 heteroatoms. The van der Waals surface area contributed by atoms with Crippen molar-refractivity contribution in [1.29, 1.82) is 0 Å². The summed E-state index contributed by atoms with van der Waals surface area (Å²) in [6.45, 7) is 11.9. The van der Waals surface area contributed by atoms with Gasteiger partial charge in [0.1, 0.15) is 0 Å². The molecular weight excluding hydrogens is 212 g/mol. The fourth-order valence-electron chi connectivity index (χ4n) is 2.73. The van der Waals surface area contributed by atoms with Crippen LogP contribution in [-0.4, -0.2) is 18.5 Å². The van der Waals surface area contributed by atoms with Crippen LogP contribution in [0.4, 0.5) is 0 Å². The smallest absolute Gasteiger partial charge is 0.236 e. The van der Waals surface area contributed by atoms with Crippen LogP contribution in [0.15, 0.2) is 0 Å². The lowest BCUT2D eigenvalue weighted by Crippen LogP contribution is -2.41. The molecule has 1 rings (SSSR count). The van der Waals surface area contributed by atoms with Crippen molar-refractivity contribution in [1.82, 2.24) is 5.32 Å². The van der Waals surface area contributed by atoms with Gasteiger partial charge in [-0.2, -0.15) is 0 Å². The minimum atomic E-state index is -0.333. The minimum absolute atomic E-state index is 0.0111. The molecule has 0 aromatic rings. The standard InChI is InChI=1S/C14H28N2O/c1-6-7-8-10(15)12(17)16-9-11-13(2,3)14(11,4)5/h10-11H,6-9,15H2,1-5H3,(H,16,17)/t10-/m0/s1. The molecule has 1 aliphatic rings. The SMILES string of the molecule is CCCC[C@H](N)C(=O)NCC1C(C)(C)C1(C)C. The van der Waals surface area contributed by atoms with Crippen LogP contribution < -0.4 is 11.1 Å². The highest BCUT2D eigenvalue weighted by Gasteiger charge is 2.64. The minimum Gasteiger partial charge on any atom is -0.354 e. The zero-order valence-electron chi connectivity index (χ0n) is 12.0. The first-order valence-corrected chi connectivity index (χ1v) is 6.78. The summed E-state index contributed by atoms with van der Waals surface area (Å²) in [6.07, 6.45) is 2.90. The van der Waals surface area contributed by atoms with Crippen LogP contribution in [0.3, 0.4) is 0 Å². The summed E-state index contributed by atoms with van der Waals surface area (Å²) in [6, 6.07) is -0.333. The van der Waals surface area contributed by atoms with Crippen molar-refractivity contribution in [3.8, 4) is 0 Å². The predicted octanol–water partition coefficient (Wildman–Crippen LogP) is 2.30. The maximum absolute atomic E-state index is 11.8. The second-order valence-electron chi connectivity index (χ2n) is 6.49. The van der Waals surface area contributed by atoms with E-state index in [9.17, 15) is 4.79 Å². The number of carbonyl (C=O) groups excluding carboxylic acids is 1. The third kappa shape index (κ3) is 2.82. The van der Waals surface area contributed by atoms with E-state index >= 15 is 0 Å². The lowest BCUT2D eigenvalue weighted by Gasteiger charge is -2.12. The van der Waals surface area contributed by atoms with Crippen LogP contribution in [0.25, 0.3) is 0 Å². The van der Waals surface area contributed by atoms with E-state index in [4.69, 9.17) is 5.73 Å². The normalized spacial score (nSPS) is 23.2. The van der Waals surface area contributed by atoms with Gasteiger partial charge in [0.15, 0.2) is 0 Å². The van der Waals surface area contributed by atoms with Gasteiger partial charge in [0.25, 0.3) is 0 Å². The predicted molar refractivity (Wildman–Crippen MR) is 71.6 cm³/mol. The van der Waals surface area contributed by atoms with Gasteiger partial charge in [0.05, 0.1) is 6.04 Å². The summed E-state index contributed by atoms with van der Waals surface area (Å²) in [5, 5.41) is 3.00. The Bertz CT molecular complexity index is 270. The number of amides is 1. The zero-order chi connectivity index (χ0) is 13.3. The molecule has 17 heavy (non-hydrogen) atoms. The second kappa shape index (κ2) is 4.97. The van der Waals surface area contributed by atoms with Gasteiger partial charge in [-0.1, -0.05) is 47.5 Å². The Kier molecular flexibility index (Phi) is 4.23. The fraction of sp³-hybridized carbons (Fsp3) is 0.929. The van der Waals surface area contributed by atoms with Crippen LogP contribution in [0, 0.1) is 16.7 Å². The van der Waals surface area contributed by atoms with Crippen LogP contribution in [-0.2, 0) is 4.79 Å². The van der Waals surface area contributed by atoms with E-state index in [2.05, 4.69) is 39.9 Å². The Labute approximate surface area is 106 Å². The van der Waals surface area contributed by atoms with Gasteiger partial charge in [0.2, 0.25) is 5.91 Å². The molecule has 1 atom stereocenters. The van der Waals surface area contributed by atoms with E-state index in [0.29, 0.717) is 16.7 Å². The third-order valence-corrected chi connectivity index (χ3v) is 5.01. The monoisotopic (exact) mass is 240 g/mol. The van der Waals surface area contributed by atoms with Crippen LogP contribution in [0.2, 0.25) is 0 Å². The Morgan fingerprint density at radius 3 is 2.24 bits per heavy atom. The number of unbranched alkanes of at least 4 members (excludes halogenated alkanes) is 1. The largest absolute Gasteiger partial charge is 0.354 e. The quantitative estimate of drug-likeness (QED) is 0.748. The average Bonchev–Trinajstić information content (AvgIpc) is 2.63. The molecule has 3 nitrogen and oxygen atoms in total. The molecule has 1 fully saturated rings. The summed E-state index contributed by atoms with van der Waals surface area (Å²) in [5.74, 6) is 0.578. The maximum atomic E-state index is 11.8. The molecule has 1 aliphatic carbocycles. The number of hydrogen-bond acceptors (Lipinski definition) is 2. The van der Waals surface area contributed by atoms with Crippen molar-refractivity contribution in [2.24, 2.45) is 22.5 Å². The van der Waals surface area contributed by atoms with Crippen molar-refractivity contribution in [2.75, 3.05) is 6.54 Å². The fourth-order valence-corrected chi connectivity index (χ4v) is 2.73. The summed E-state index contributed by atoms with van der Waals surface area (Å²) in [4.78, 5) is 11.8. The molecule has 1 saturated carbocycles. The Hall–Kier alpha value is -0.570. The van der Waals surface area contributed by atoms with E-state index < -0.39 is 0 Å². The summed E-state index contributed by atoms with van der Waals surface area (Å²) in [7, 11) is 0. The topological polar surface area (TPSA) is 55.1 Å². The summed E-state index contributed by atoms with van der Waals surface area (Å²) in [5.41, 5.74) is 6.49. The molecule has 1 amide bonds. The number of nitrogens with two attached hydrogens (primary N) is 1. The Morgan fingerprint density at radius 1 is 1.29 bits per heavy atom. The molecule has 3 N–H and O–H groups in total. The average molecular weight is 240 g/mol. The Balaban J connectivity index is 2.31. The molecule has 0 saturated heterocycles. The lowest BCUT2D eigenvalue weighted by atomic mass is 10.0. The lowest BCUT2D eigenvalue weighted by molar-refractivity contribution is -0.122. The molecular formula is C14H28N2O. The number of hydrogen-bond donors (Lipinski definition) is 2. The number of nitrogens with one attached hydrogen (secondary N) is 1. The van der Waals surface area contributed by atoms with Crippen molar-refractivity contribution >= 4 is 5.91 Å². The molecule has 0 bridgehead atoms. The first-order valence-electron chi connectivity index (χ1n) is 6.78. The summed E-state index contributed by atoms with van der Waals surface area (Å²) >= 11 is 0. The molecule has 0 spiro atoms. The first kappa shape index (κ1) is 14.5. The van der Waals surface area contributed by atoms with E-state index in [1.54, 1.807) is 0 Å². The Morgan fingerprint density at radius 2 is 1.82 bits per heavy atom. The highest BCUT2D eigenvalue weighted by Crippen LogP contribution is 2.67. The zero-order valence-corrected chi connectivity index (χ0v) is 12.0. The van der Waals surface area contributed by atoms with Crippen molar-refractivity contribution in [3.63, 3.8) is 0 Å². The molecule has 100 valence electrons. The van der Waals surface area contributed by atoms with Gasteiger partial charge in [-0.15, -0.1) is 0 Å². The molecule has 0 aromatic carbocycles. The molecule has 0 aromatic heterocycles. The van der Waals surface area contributed by atoms with Gasteiger partial charge >= 0.3 is 0 Å². The highest BCUT2D eigenvalue weighted by molar-refractivity contribution is 5.81. The van der Waals surface area contributed by atoms with Crippen LogP contribution in [0.1, 0.15) is 53.9 Å². The van der Waals surface area contributed by atoms with Crippen molar-refractivity contribution in [2.45, 2.75) is 59.9 Å². The van der Waals surface area contributed by atoms with E-state index in [-0.39, 0.29) is 11.9 Å². The van der Waals surface area contributed by atoms with Gasteiger partial charge in [-0.3, -0.25) is 4.79 Å². The number of carbonyl (C=O) groups is 1. The molecule has 0 aliphatic heterocycles. The van der Waals surface area contributed by atoms with Crippen LogP contribution in [0.5, 0.6) is 0 Å². The van der Waals surface area contributed by atoms with Crippen molar-refractivity contribution < 1.29 is 4.79 Å². The van der Waals surface area contributed by atoms with Crippen LogP contribution >= 0.6 is 0 Å². The van der Waals surface area contributed by atoms with Gasteiger partial charge in [-0.25, -0.2) is 0 Å². The molecule has 0 heterocycles. The van der Waals surface area contributed by atoms with E-state index in [0.717, 1.165) is 25.8 Å². The summed E-state index contributed by atoms with van der Waals surface area (Å²) < 4.78 is 0. The highest BCUT2D eigenvalue weighted by atomic mass is 16.2. The molecule has 0 radical (unpaired) electrons. The first-order chi connectivity index (χ1) is 7.75. The van der Waals surface area contributed by atoms with Gasteiger partial charge in [0, 0.05) is 6.54 Å². The molecule has 0 unspecified atom stereocenters.